The first kappa shape index (κ1) is 13.1. The number of likely N-dealkylation sites (N-methyl/N-ethyl adjacent to an activating group) is 1. The molecule has 4 N–H and O–H groups in total. The number of hydrogen-bond acceptors (Lipinski definition) is 6. The van der Waals surface area contributed by atoms with Gasteiger partial charge in [0.1, 0.15) is 10.6 Å². The first-order chi connectivity index (χ1) is 8.63. The summed E-state index contributed by atoms with van der Waals surface area (Å²) < 4.78 is 4.03. The van der Waals surface area contributed by atoms with Gasteiger partial charge in [-0.05, 0) is 38.0 Å². The van der Waals surface area contributed by atoms with Crippen molar-refractivity contribution in [2.45, 2.75) is 18.9 Å². The Balaban J connectivity index is 2.03. The number of likely N-dealkylation sites (tertiary alicyclic amines) is 1. The van der Waals surface area contributed by atoms with Crippen molar-refractivity contribution >= 4 is 28.3 Å². The largest absolute Gasteiger partial charge is 0.382 e. The second kappa shape index (κ2) is 5.53. The molecule has 1 saturated heterocycles. The van der Waals surface area contributed by atoms with Crippen molar-refractivity contribution in [3.05, 3.63) is 5.56 Å². The molecule has 1 aliphatic heterocycles. The topological polar surface area (TPSA) is 83.3 Å². The van der Waals surface area contributed by atoms with Crippen molar-refractivity contribution in [3.63, 3.8) is 0 Å². The van der Waals surface area contributed by atoms with Crippen LogP contribution in [0, 0.1) is 0 Å². The molecule has 1 fully saturated rings. The summed E-state index contributed by atoms with van der Waals surface area (Å²) >= 11 is 1.24. The zero-order valence-electron chi connectivity index (χ0n) is 10.7. The Morgan fingerprint density at radius 1 is 1.67 bits per heavy atom. The van der Waals surface area contributed by atoms with Gasteiger partial charge < -0.3 is 21.3 Å². The Morgan fingerprint density at radius 3 is 3.06 bits per heavy atom. The number of nitrogens with zero attached hydrogens (tertiary/aromatic N) is 2. The third-order valence-corrected chi connectivity index (χ3v) is 4.16. The van der Waals surface area contributed by atoms with Crippen LogP contribution in [0.15, 0.2) is 0 Å². The van der Waals surface area contributed by atoms with E-state index in [9.17, 15) is 4.79 Å². The van der Waals surface area contributed by atoms with Gasteiger partial charge in [0.2, 0.25) is 0 Å². The van der Waals surface area contributed by atoms with E-state index in [2.05, 4.69) is 27.0 Å². The van der Waals surface area contributed by atoms with E-state index in [-0.39, 0.29) is 5.91 Å². The van der Waals surface area contributed by atoms with Gasteiger partial charge in [0.25, 0.3) is 5.91 Å². The lowest BCUT2D eigenvalue weighted by atomic mass is 10.2. The molecule has 1 atom stereocenters. The van der Waals surface area contributed by atoms with E-state index in [4.69, 9.17) is 5.73 Å². The van der Waals surface area contributed by atoms with Crippen LogP contribution in [0.5, 0.6) is 0 Å². The highest BCUT2D eigenvalue weighted by molar-refractivity contribution is 7.11. The Morgan fingerprint density at radius 2 is 2.44 bits per heavy atom. The summed E-state index contributed by atoms with van der Waals surface area (Å²) in [6, 6.07) is 0.519. The fraction of sp³-hybridized carbons (Fsp3) is 0.636. The number of hydrogen-bond donors (Lipinski definition) is 3. The van der Waals surface area contributed by atoms with Crippen LogP contribution in [0.25, 0.3) is 0 Å². The average Bonchev–Trinajstić information content (AvgIpc) is 2.92. The van der Waals surface area contributed by atoms with Gasteiger partial charge in [-0.1, -0.05) is 0 Å². The van der Waals surface area contributed by atoms with Crippen LogP contribution in [-0.4, -0.2) is 48.4 Å². The Labute approximate surface area is 111 Å². The number of aromatic nitrogens is 1. The van der Waals surface area contributed by atoms with Gasteiger partial charge in [-0.2, -0.15) is 4.37 Å². The summed E-state index contributed by atoms with van der Waals surface area (Å²) in [5.41, 5.74) is 6.18. The molecule has 0 aliphatic carbocycles. The molecule has 0 radical (unpaired) electrons. The van der Waals surface area contributed by atoms with E-state index in [1.54, 1.807) is 7.05 Å². The third-order valence-electron chi connectivity index (χ3n) is 3.34. The lowest BCUT2D eigenvalue weighted by Gasteiger charge is -2.19. The molecule has 7 heteroatoms. The zero-order chi connectivity index (χ0) is 13.1. The van der Waals surface area contributed by atoms with Crippen LogP contribution < -0.4 is 16.4 Å². The minimum absolute atomic E-state index is 0.191. The number of carbonyl (C=O) groups excluding carboxylic acids is 1. The van der Waals surface area contributed by atoms with Gasteiger partial charge in [-0.15, -0.1) is 0 Å². The highest BCUT2D eigenvalue weighted by Crippen LogP contribution is 2.27. The second-order valence-electron chi connectivity index (χ2n) is 4.51. The highest BCUT2D eigenvalue weighted by Gasteiger charge is 2.23. The molecule has 1 aromatic rings. The maximum atomic E-state index is 11.7. The molecular weight excluding hydrogens is 250 g/mol. The zero-order valence-corrected chi connectivity index (χ0v) is 11.5. The summed E-state index contributed by atoms with van der Waals surface area (Å²) in [5.74, 6) is 0.102. The van der Waals surface area contributed by atoms with Crippen LogP contribution in [0.2, 0.25) is 0 Å². The second-order valence-corrected chi connectivity index (χ2v) is 5.28. The molecule has 1 aliphatic rings. The van der Waals surface area contributed by atoms with Crippen LogP contribution in [-0.2, 0) is 0 Å². The molecule has 0 bridgehead atoms. The number of anilines is 2. The normalized spacial score (nSPS) is 20.0. The van der Waals surface area contributed by atoms with Gasteiger partial charge in [-0.25, -0.2) is 0 Å². The van der Waals surface area contributed by atoms with Crippen molar-refractivity contribution < 1.29 is 4.79 Å². The summed E-state index contributed by atoms with van der Waals surface area (Å²) in [7, 11) is 3.72. The molecule has 0 aromatic carbocycles. The van der Waals surface area contributed by atoms with E-state index in [0.717, 1.165) is 18.1 Å². The lowest BCUT2D eigenvalue weighted by Crippen LogP contribution is -2.32. The maximum absolute atomic E-state index is 11.7. The van der Waals surface area contributed by atoms with Crippen molar-refractivity contribution in [3.8, 4) is 0 Å². The van der Waals surface area contributed by atoms with Crippen LogP contribution in [0.4, 0.5) is 10.8 Å². The predicted molar refractivity (Wildman–Crippen MR) is 74.1 cm³/mol. The maximum Gasteiger partial charge on any atom is 0.257 e. The predicted octanol–water partition coefficient (Wildman–Crippen LogP) is 0.591. The quantitative estimate of drug-likeness (QED) is 0.745. The van der Waals surface area contributed by atoms with E-state index in [0.29, 0.717) is 17.4 Å². The third kappa shape index (κ3) is 2.56. The molecule has 0 spiro atoms. The highest BCUT2D eigenvalue weighted by atomic mass is 32.1. The van der Waals surface area contributed by atoms with Crippen LogP contribution >= 0.6 is 11.5 Å². The lowest BCUT2D eigenvalue weighted by molar-refractivity contribution is 0.0965. The molecular formula is C11H19N5OS. The molecule has 100 valence electrons. The minimum atomic E-state index is -0.191. The first-order valence-electron chi connectivity index (χ1n) is 6.04. The number of rotatable bonds is 4. The molecule has 1 aromatic heterocycles. The van der Waals surface area contributed by atoms with Crippen molar-refractivity contribution in [2.75, 3.05) is 38.2 Å². The molecule has 2 heterocycles. The molecule has 6 nitrogen and oxygen atoms in total. The minimum Gasteiger partial charge on any atom is -0.382 e. The van der Waals surface area contributed by atoms with Crippen molar-refractivity contribution in [2.24, 2.45) is 0 Å². The molecule has 1 unspecified atom stereocenters. The number of amides is 1. The average molecular weight is 269 g/mol. The van der Waals surface area contributed by atoms with Gasteiger partial charge in [-0.3, -0.25) is 4.79 Å². The van der Waals surface area contributed by atoms with E-state index in [1.165, 1.54) is 24.4 Å². The smallest absolute Gasteiger partial charge is 0.257 e. The summed E-state index contributed by atoms with van der Waals surface area (Å²) in [6.45, 7) is 1.96. The fourth-order valence-corrected chi connectivity index (χ4v) is 2.93. The number of carbonyl (C=O) groups is 1. The molecule has 2 rings (SSSR count). The number of nitrogens with one attached hydrogen (secondary N) is 2. The molecule has 0 saturated carbocycles. The summed E-state index contributed by atoms with van der Waals surface area (Å²) in [5, 5.41) is 6.63. The number of nitrogen functional groups attached to an aromatic ring is 1. The van der Waals surface area contributed by atoms with Gasteiger partial charge in [0, 0.05) is 19.6 Å². The Bertz CT molecular complexity index is 433. The van der Waals surface area contributed by atoms with E-state index < -0.39 is 0 Å². The first-order valence-corrected chi connectivity index (χ1v) is 6.82. The van der Waals surface area contributed by atoms with Gasteiger partial charge in [0.05, 0.1) is 0 Å². The molecule has 18 heavy (non-hydrogen) atoms. The SMILES string of the molecule is CNC(=O)c1c(N)nsc1NCC1CCCN1C. The Hall–Kier alpha value is -1.34. The van der Waals surface area contributed by atoms with Crippen LogP contribution in [0.3, 0.4) is 0 Å². The van der Waals surface area contributed by atoms with Crippen LogP contribution in [0.1, 0.15) is 23.2 Å². The van der Waals surface area contributed by atoms with Crippen molar-refractivity contribution in [1.82, 2.24) is 14.6 Å². The summed E-state index contributed by atoms with van der Waals surface area (Å²) in [4.78, 5) is 14.0. The molecule has 1 amide bonds. The standard InChI is InChI=1S/C11H19N5OS/c1-13-10(17)8-9(12)15-18-11(8)14-6-7-4-3-5-16(7)2/h7,14H,3-6H2,1-2H3,(H2,12,15)(H,13,17). The van der Waals surface area contributed by atoms with Gasteiger partial charge in [0.15, 0.2) is 5.82 Å². The fourth-order valence-electron chi connectivity index (χ4n) is 2.22. The Kier molecular flexibility index (Phi) is 4.03. The van der Waals surface area contributed by atoms with Gasteiger partial charge >= 0.3 is 0 Å². The van der Waals surface area contributed by atoms with Crippen molar-refractivity contribution in [1.29, 1.82) is 0 Å². The van der Waals surface area contributed by atoms with E-state index in [1.807, 2.05) is 0 Å². The van der Waals surface area contributed by atoms with E-state index >= 15 is 0 Å². The number of nitrogens with two attached hydrogens (primary N) is 1. The monoisotopic (exact) mass is 269 g/mol. The summed E-state index contributed by atoms with van der Waals surface area (Å²) in [6.07, 6.45) is 2.42.